The highest BCUT2D eigenvalue weighted by Gasteiger charge is 2.31. The maximum Gasteiger partial charge on any atom is 0.573 e. The molecule has 3 aromatic rings. The van der Waals surface area contributed by atoms with Crippen molar-refractivity contribution in [2.75, 3.05) is 6.54 Å². The Morgan fingerprint density at radius 1 is 0.919 bits per heavy atom. The number of carboxylic acids is 1. The molecule has 0 saturated heterocycles. The second kappa shape index (κ2) is 12.5. The first kappa shape index (κ1) is 27.9. The van der Waals surface area contributed by atoms with Crippen LogP contribution in [0.15, 0.2) is 84.2 Å². The first-order valence-electron chi connectivity index (χ1n) is 11.1. The first-order valence-corrected chi connectivity index (χ1v) is 11.5. The van der Waals surface area contributed by atoms with Crippen LogP contribution in [-0.4, -0.2) is 28.9 Å². The van der Waals surface area contributed by atoms with Crippen molar-refractivity contribution >= 4 is 17.6 Å². The van der Waals surface area contributed by atoms with E-state index in [4.69, 9.17) is 23.2 Å². The van der Waals surface area contributed by atoms with Gasteiger partial charge in [0.25, 0.3) is 0 Å². The fourth-order valence-corrected chi connectivity index (χ4v) is 3.79. The van der Waals surface area contributed by atoms with Crippen LogP contribution in [0, 0.1) is 0 Å². The number of nitrogens with two attached hydrogens (primary N) is 2. The number of hydrogen-bond donors (Lipinski definition) is 4. The highest BCUT2D eigenvalue weighted by atomic mass is 35.5. The quantitative estimate of drug-likeness (QED) is 0.155. The number of halogens is 4. The summed E-state index contributed by atoms with van der Waals surface area (Å²) in [5.74, 6) is 3.77. The second-order valence-electron chi connectivity index (χ2n) is 8.21. The van der Waals surface area contributed by atoms with Crippen molar-refractivity contribution in [2.24, 2.45) is 11.6 Å². The lowest BCUT2D eigenvalue weighted by Gasteiger charge is -2.23. The lowest BCUT2D eigenvalue weighted by Crippen LogP contribution is -2.32. The van der Waals surface area contributed by atoms with Gasteiger partial charge in [0.1, 0.15) is 5.75 Å². The maximum atomic E-state index is 12.4. The summed E-state index contributed by atoms with van der Waals surface area (Å²) in [4.78, 5) is 13.4. The van der Waals surface area contributed by atoms with Gasteiger partial charge in [-0.2, -0.15) is 0 Å². The van der Waals surface area contributed by atoms with Crippen LogP contribution in [0.5, 0.6) is 5.75 Å². The molecule has 0 radical (unpaired) electrons. The third kappa shape index (κ3) is 8.71. The van der Waals surface area contributed by atoms with Crippen molar-refractivity contribution in [1.82, 2.24) is 10.3 Å². The van der Waals surface area contributed by atoms with Crippen LogP contribution in [0.3, 0.4) is 0 Å². The molecular formula is C26H26ClF3N4O3. The predicted molar refractivity (Wildman–Crippen MR) is 135 cm³/mol. The third-order valence-electron chi connectivity index (χ3n) is 5.48. The molecule has 6 N–H and O–H groups in total. The molecule has 3 aromatic carbocycles. The molecule has 0 aliphatic carbocycles. The fourth-order valence-electron chi connectivity index (χ4n) is 3.67. The number of hydrazine groups is 1. The molecule has 0 atom stereocenters. The molecule has 196 valence electrons. The highest BCUT2D eigenvalue weighted by Crippen LogP contribution is 2.27. The third-order valence-corrected chi connectivity index (χ3v) is 5.73. The van der Waals surface area contributed by atoms with Crippen LogP contribution in [-0.2, 0) is 17.9 Å². The van der Waals surface area contributed by atoms with Gasteiger partial charge in [0.05, 0.1) is 0 Å². The molecule has 0 amide bonds. The molecule has 0 spiro atoms. The number of ether oxygens (including phenoxy) is 1. The Balaban J connectivity index is 1.73. The van der Waals surface area contributed by atoms with E-state index < -0.39 is 12.3 Å². The van der Waals surface area contributed by atoms with Crippen LogP contribution >= 0.6 is 11.6 Å². The molecule has 0 bridgehead atoms. The van der Waals surface area contributed by atoms with Crippen molar-refractivity contribution in [3.8, 4) is 16.9 Å². The van der Waals surface area contributed by atoms with E-state index in [1.807, 2.05) is 36.4 Å². The van der Waals surface area contributed by atoms with Gasteiger partial charge in [0, 0.05) is 36.8 Å². The van der Waals surface area contributed by atoms with Gasteiger partial charge in [-0.25, -0.2) is 4.79 Å². The Hall–Kier alpha value is -3.73. The minimum atomic E-state index is -4.74. The molecule has 0 aromatic heterocycles. The number of rotatable bonds is 11. The summed E-state index contributed by atoms with van der Waals surface area (Å²) in [5.41, 5.74) is 11.5. The second-order valence-corrected chi connectivity index (χ2v) is 8.64. The standard InChI is InChI=1S/C26H26ClF3N4O3/c27-21-9-3-18(4-10-21)16-34(14-13-23(31)24(33-32)25(35)36)15-17-1-5-19(6-2-17)20-7-11-22(12-8-20)37-26(28,29)30/h1-12,33H,13-16,31-32H2,(H,35,36)/b24-23-. The SMILES string of the molecule is NN/C(C(=O)O)=C(\N)CCN(Cc1ccc(Cl)cc1)Cc1ccc(-c2ccc(OC(F)(F)F)cc2)cc1. The topological polar surface area (TPSA) is 114 Å². The van der Waals surface area contributed by atoms with Gasteiger partial charge in [-0.05, 0) is 46.5 Å². The molecule has 0 heterocycles. The van der Waals surface area contributed by atoms with E-state index in [0.29, 0.717) is 24.7 Å². The number of nitrogens with zero attached hydrogens (tertiary/aromatic N) is 1. The van der Waals surface area contributed by atoms with E-state index in [-0.39, 0.29) is 23.6 Å². The predicted octanol–water partition coefficient (Wildman–Crippen LogP) is 5.02. The number of benzene rings is 3. The lowest BCUT2D eigenvalue weighted by molar-refractivity contribution is -0.274. The smallest absolute Gasteiger partial charge is 0.476 e. The van der Waals surface area contributed by atoms with Crippen molar-refractivity contribution in [1.29, 1.82) is 0 Å². The molecule has 0 fully saturated rings. The van der Waals surface area contributed by atoms with Crippen molar-refractivity contribution < 1.29 is 27.8 Å². The van der Waals surface area contributed by atoms with E-state index in [2.05, 4.69) is 15.1 Å². The summed E-state index contributed by atoms with van der Waals surface area (Å²) in [6, 6.07) is 20.7. The molecule has 3 rings (SSSR count). The molecular weight excluding hydrogens is 509 g/mol. The highest BCUT2D eigenvalue weighted by molar-refractivity contribution is 6.30. The zero-order chi connectivity index (χ0) is 27.0. The molecule has 11 heteroatoms. The van der Waals surface area contributed by atoms with Crippen LogP contribution in [0.25, 0.3) is 11.1 Å². The summed E-state index contributed by atoms with van der Waals surface area (Å²) >= 11 is 6.00. The molecule has 37 heavy (non-hydrogen) atoms. The number of carboxylic acid groups (broad SMARTS) is 1. The number of aliphatic carboxylic acids is 1. The normalized spacial score (nSPS) is 12.3. The van der Waals surface area contributed by atoms with E-state index in [1.165, 1.54) is 12.1 Å². The van der Waals surface area contributed by atoms with Crippen molar-refractivity contribution in [3.63, 3.8) is 0 Å². The van der Waals surface area contributed by atoms with Gasteiger partial charge in [-0.3, -0.25) is 10.7 Å². The zero-order valence-electron chi connectivity index (χ0n) is 19.6. The Labute approximate surface area is 217 Å². The van der Waals surface area contributed by atoms with E-state index in [1.54, 1.807) is 24.3 Å². The van der Waals surface area contributed by atoms with E-state index in [9.17, 15) is 23.1 Å². The Kier molecular flexibility index (Phi) is 9.40. The number of hydrogen-bond acceptors (Lipinski definition) is 6. The molecule has 0 aliphatic rings. The Morgan fingerprint density at radius 2 is 1.41 bits per heavy atom. The first-order chi connectivity index (χ1) is 17.5. The Morgan fingerprint density at radius 3 is 1.86 bits per heavy atom. The zero-order valence-corrected chi connectivity index (χ0v) is 20.4. The van der Waals surface area contributed by atoms with Crippen LogP contribution in [0.4, 0.5) is 13.2 Å². The fraction of sp³-hybridized carbons (Fsp3) is 0.192. The van der Waals surface area contributed by atoms with E-state index >= 15 is 0 Å². The average Bonchev–Trinajstić information content (AvgIpc) is 2.84. The molecule has 0 saturated carbocycles. The van der Waals surface area contributed by atoms with Crippen molar-refractivity contribution in [2.45, 2.75) is 25.9 Å². The van der Waals surface area contributed by atoms with Gasteiger partial charge in [-0.1, -0.05) is 60.1 Å². The monoisotopic (exact) mass is 534 g/mol. The van der Waals surface area contributed by atoms with E-state index in [0.717, 1.165) is 22.3 Å². The van der Waals surface area contributed by atoms with Crippen LogP contribution in [0.1, 0.15) is 17.5 Å². The van der Waals surface area contributed by atoms with Crippen LogP contribution in [0.2, 0.25) is 5.02 Å². The largest absolute Gasteiger partial charge is 0.573 e. The maximum absolute atomic E-state index is 12.4. The summed E-state index contributed by atoms with van der Waals surface area (Å²) in [5, 5.41) is 9.85. The summed E-state index contributed by atoms with van der Waals surface area (Å²) in [7, 11) is 0. The van der Waals surface area contributed by atoms with Gasteiger partial charge in [-0.15, -0.1) is 13.2 Å². The van der Waals surface area contributed by atoms with Crippen molar-refractivity contribution in [3.05, 3.63) is 100 Å². The number of nitrogens with one attached hydrogen (secondary N) is 1. The van der Waals surface area contributed by atoms with Gasteiger partial charge in [0.15, 0.2) is 5.70 Å². The summed E-state index contributed by atoms with van der Waals surface area (Å²) < 4.78 is 41.1. The Bertz CT molecular complexity index is 1220. The molecule has 7 nitrogen and oxygen atoms in total. The van der Waals surface area contributed by atoms with Gasteiger partial charge >= 0.3 is 12.3 Å². The lowest BCUT2D eigenvalue weighted by atomic mass is 10.0. The summed E-state index contributed by atoms with van der Waals surface area (Å²) in [6.07, 6.45) is -4.47. The average molecular weight is 535 g/mol. The van der Waals surface area contributed by atoms with Gasteiger partial charge in [0.2, 0.25) is 0 Å². The minimum absolute atomic E-state index is 0.129. The number of alkyl halides is 3. The van der Waals surface area contributed by atoms with Gasteiger partial charge < -0.3 is 21.0 Å². The van der Waals surface area contributed by atoms with Crippen LogP contribution < -0.4 is 21.7 Å². The minimum Gasteiger partial charge on any atom is -0.476 e. The molecule has 0 aliphatic heterocycles. The molecule has 0 unspecified atom stereocenters. The number of carbonyl (C=O) groups is 1. The summed E-state index contributed by atoms with van der Waals surface area (Å²) in [6.45, 7) is 1.55.